The molecule has 0 bridgehead atoms. The second-order valence-corrected chi connectivity index (χ2v) is 8.51. The Balaban J connectivity index is 1.92. The molecule has 1 heterocycles. The molecule has 0 aliphatic heterocycles. The van der Waals surface area contributed by atoms with Crippen LogP contribution >= 0.6 is 11.6 Å². The molecule has 0 aliphatic rings. The maximum absolute atomic E-state index is 12.6. The standard InChI is InChI=1S/C25H27ClF3N5O4/c1-4-36-10-11-37-22-14-19-17(13-20(22)33-23(35)6-5-9-34(2)3)24(31-15-30-19)32-16-7-8-21(18(26)12-16)38-25(27,28)29/h5-8,12-15H,4,9-11H2,1-3H3,(H,33,35)(H,30,31,32)/b6-5+. The van der Waals surface area contributed by atoms with Gasteiger partial charge >= 0.3 is 6.36 Å². The number of anilines is 3. The monoisotopic (exact) mass is 553 g/mol. The molecule has 0 unspecified atom stereocenters. The SMILES string of the molecule is CCOCCOc1cc2ncnc(Nc3ccc(OC(F)(F)F)c(Cl)c3)c2cc1NC(=O)/C=C/CN(C)C. The number of rotatable bonds is 12. The molecule has 13 heteroatoms. The highest BCUT2D eigenvalue weighted by atomic mass is 35.5. The fourth-order valence-electron chi connectivity index (χ4n) is 3.22. The van der Waals surface area contributed by atoms with E-state index < -0.39 is 12.1 Å². The Morgan fingerprint density at radius 2 is 1.92 bits per heavy atom. The maximum atomic E-state index is 12.6. The summed E-state index contributed by atoms with van der Waals surface area (Å²) in [5, 5.41) is 6.10. The fourth-order valence-corrected chi connectivity index (χ4v) is 3.44. The highest BCUT2D eigenvalue weighted by Crippen LogP contribution is 2.36. The van der Waals surface area contributed by atoms with Crippen LogP contribution in [0.25, 0.3) is 10.9 Å². The Labute approximate surface area is 222 Å². The summed E-state index contributed by atoms with van der Waals surface area (Å²) in [5.41, 5.74) is 1.23. The van der Waals surface area contributed by atoms with E-state index in [2.05, 4.69) is 25.3 Å². The number of nitrogens with one attached hydrogen (secondary N) is 2. The second kappa shape index (κ2) is 13.3. The van der Waals surface area contributed by atoms with Gasteiger partial charge in [-0.25, -0.2) is 9.97 Å². The lowest BCUT2D eigenvalue weighted by atomic mass is 10.1. The summed E-state index contributed by atoms with van der Waals surface area (Å²) in [6.45, 7) is 3.60. The van der Waals surface area contributed by atoms with Crippen LogP contribution in [-0.2, 0) is 9.53 Å². The van der Waals surface area contributed by atoms with Gasteiger partial charge in [-0.1, -0.05) is 17.7 Å². The minimum Gasteiger partial charge on any atom is -0.489 e. The molecule has 2 aromatic carbocycles. The third kappa shape index (κ3) is 8.75. The van der Waals surface area contributed by atoms with Gasteiger partial charge in [0.25, 0.3) is 0 Å². The molecule has 0 radical (unpaired) electrons. The first kappa shape index (κ1) is 29.0. The number of amides is 1. The number of alkyl halides is 3. The van der Waals surface area contributed by atoms with Crippen LogP contribution in [0.1, 0.15) is 6.92 Å². The number of hydrogen-bond donors (Lipinski definition) is 2. The average molecular weight is 554 g/mol. The van der Waals surface area contributed by atoms with Crippen LogP contribution in [0.4, 0.5) is 30.4 Å². The predicted molar refractivity (Wildman–Crippen MR) is 139 cm³/mol. The van der Waals surface area contributed by atoms with E-state index in [-0.39, 0.29) is 17.5 Å². The van der Waals surface area contributed by atoms with Gasteiger partial charge in [0.2, 0.25) is 5.91 Å². The summed E-state index contributed by atoms with van der Waals surface area (Å²) in [4.78, 5) is 23.0. The lowest BCUT2D eigenvalue weighted by Gasteiger charge is -2.15. The minimum absolute atomic E-state index is 0.242. The Bertz CT molecular complexity index is 1290. The molecule has 3 aromatic rings. The molecule has 38 heavy (non-hydrogen) atoms. The number of carbonyl (C=O) groups is 1. The van der Waals surface area contributed by atoms with Crippen LogP contribution in [0.2, 0.25) is 5.02 Å². The van der Waals surface area contributed by atoms with Crippen molar-refractivity contribution in [1.29, 1.82) is 0 Å². The number of fused-ring (bicyclic) bond motifs is 1. The summed E-state index contributed by atoms with van der Waals surface area (Å²) < 4.78 is 52.7. The zero-order chi connectivity index (χ0) is 27.7. The maximum Gasteiger partial charge on any atom is 0.573 e. The van der Waals surface area contributed by atoms with Crippen LogP contribution in [0.5, 0.6) is 11.5 Å². The first-order chi connectivity index (χ1) is 18.1. The van der Waals surface area contributed by atoms with E-state index in [0.717, 1.165) is 6.07 Å². The zero-order valence-electron chi connectivity index (χ0n) is 20.9. The third-order valence-electron chi connectivity index (χ3n) is 4.84. The number of carbonyl (C=O) groups excluding carboxylic acids is 1. The Hall–Kier alpha value is -3.61. The van der Waals surface area contributed by atoms with Crippen molar-refractivity contribution in [1.82, 2.24) is 14.9 Å². The smallest absolute Gasteiger partial charge is 0.489 e. The normalized spacial score (nSPS) is 11.8. The topological polar surface area (TPSA) is 97.8 Å². The molecule has 0 saturated carbocycles. The molecular weight excluding hydrogens is 527 g/mol. The molecule has 1 amide bonds. The lowest BCUT2D eigenvalue weighted by Crippen LogP contribution is -2.17. The van der Waals surface area contributed by atoms with Crippen molar-refractivity contribution in [3.63, 3.8) is 0 Å². The van der Waals surface area contributed by atoms with Crippen molar-refractivity contribution in [3.8, 4) is 11.5 Å². The molecule has 9 nitrogen and oxygen atoms in total. The number of ether oxygens (including phenoxy) is 3. The van der Waals surface area contributed by atoms with E-state index in [1.807, 2.05) is 25.9 Å². The Morgan fingerprint density at radius 3 is 2.61 bits per heavy atom. The third-order valence-corrected chi connectivity index (χ3v) is 5.14. The zero-order valence-corrected chi connectivity index (χ0v) is 21.7. The molecule has 0 saturated heterocycles. The number of aromatic nitrogens is 2. The molecule has 2 N–H and O–H groups in total. The van der Waals surface area contributed by atoms with Gasteiger partial charge in [-0.3, -0.25) is 4.79 Å². The molecule has 204 valence electrons. The van der Waals surface area contributed by atoms with Gasteiger partial charge in [-0.2, -0.15) is 0 Å². The van der Waals surface area contributed by atoms with E-state index in [9.17, 15) is 18.0 Å². The number of nitrogens with zero attached hydrogens (tertiary/aromatic N) is 3. The summed E-state index contributed by atoms with van der Waals surface area (Å²) in [6, 6.07) is 7.04. The van der Waals surface area contributed by atoms with Crippen LogP contribution in [0, 0.1) is 0 Å². The molecule has 3 rings (SSSR count). The van der Waals surface area contributed by atoms with Crippen molar-refractivity contribution in [3.05, 3.63) is 53.8 Å². The summed E-state index contributed by atoms with van der Waals surface area (Å²) in [5.74, 6) is -0.180. The number of hydrogen-bond acceptors (Lipinski definition) is 8. The first-order valence-electron chi connectivity index (χ1n) is 11.5. The van der Waals surface area contributed by atoms with Crippen molar-refractivity contribution in [2.75, 3.05) is 51.1 Å². The fraction of sp³-hybridized carbons (Fsp3) is 0.320. The van der Waals surface area contributed by atoms with Crippen LogP contribution in [-0.4, -0.2) is 67.6 Å². The highest BCUT2D eigenvalue weighted by Gasteiger charge is 2.32. The molecule has 0 aliphatic carbocycles. The van der Waals surface area contributed by atoms with E-state index in [1.54, 1.807) is 18.2 Å². The van der Waals surface area contributed by atoms with Crippen molar-refractivity contribution >= 4 is 45.6 Å². The first-order valence-corrected chi connectivity index (χ1v) is 11.9. The van der Waals surface area contributed by atoms with Crippen molar-refractivity contribution in [2.24, 2.45) is 0 Å². The quantitative estimate of drug-likeness (QED) is 0.227. The summed E-state index contributed by atoms with van der Waals surface area (Å²) in [6.07, 6.45) is -0.411. The van der Waals surface area contributed by atoms with E-state index in [4.69, 9.17) is 21.1 Å². The van der Waals surface area contributed by atoms with Gasteiger partial charge in [0.15, 0.2) is 0 Å². The largest absolute Gasteiger partial charge is 0.573 e. The molecule has 0 atom stereocenters. The van der Waals surface area contributed by atoms with Gasteiger partial charge in [-0.05, 0) is 45.3 Å². The number of halogens is 4. The predicted octanol–water partition coefficient (Wildman–Crippen LogP) is 5.40. The average Bonchev–Trinajstić information content (AvgIpc) is 2.83. The minimum atomic E-state index is -4.87. The summed E-state index contributed by atoms with van der Waals surface area (Å²) in [7, 11) is 3.77. The Morgan fingerprint density at radius 1 is 1.13 bits per heavy atom. The second-order valence-electron chi connectivity index (χ2n) is 8.11. The number of likely N-dealkylation sites (N-methyl/N-ethyl adjacent to an activating group) is 1. The summed E-state index contributed by atoms with van der Waals surface area (Å²) >= 11 is 5.97. The number of benzene rings is 2. The van der Waals surface area contributed by atoms with E-state index in [0.29, 0.717) is 53.6 Å². The molecular formula is C25H27ClF3N5O4. The molecule has 0 spiro atoms. The van der Waals surface area contributed by atoms with Gasteiger partial charge in [-0.15, -0.1) is 13.2 Å². The lowest BCUT2D eigenvalue weighted by molar-refractivity contribution is -0.274. The van der Waals surface area contributed by atoms with Crippen LogP contribution in [0.3, 0.4) is 0 Å². The van der Waals surface area contributed by atoms with E-state index in [1.165, 1.54) is 24.5 Å². The van der Waals surface area contributed by atoms with Gasteiger partial charge in [0.05, 0.1) is 22.8 Å². The van der Waals surface area contributed by atoms with Crippen molar-refractivity contribution in [2.45, 2.75) is 13.3 Å². The van der Waals surface area contributed by atoms with Gasteiger partial charge in [0.1, 0.15) is 30.3 Å². The Kier molecular flexibility index (Phi) is 10.1. The molecule has 1 aromatic heterocycles. The van der Waals surface area contributed by atoms with E-state index >= 15 is 0 Å². The van der Waals surface area contributed by atoms with Crippen molar-refractivity contribution < 1.29 is 32.2 Å². The van der Waals surface area contributed by atoms with Crippen LogP contribution < -0.4 is 20.1 Å². The molecule has 0 fully saturated rings. The highest BCUT2D eigenvalue weighted by molar-refractivity contribution is 6.32. The van der Waals surface area contributed by atoms with Gasteiger partial charge in [0, 0.05) is 36.4 Å². The van der Waals surface area contributed by atoms with Gasteiger partial charge < -0.3 is 29.7 Å². The van der Waals surface area contributed by atoms with Crippen LogP contribution in [0.15, 0.2) is 48.8 Å².